The lowest BCUT2D eigenvalue weighted by atomic mass is 10.0. The molecule has 3 aliphatic rings. The fraction of sp³-hybridized carbons (Fsp3) is 0.326. The van der Waals surface area contributed by atoms with Crippen LogP contribution >= 0.6 is 0 Å². The predicted molar refractivity (Wildman–Crippen MR) is 231 cm³/mol. The molecule has 5 heterocycles. The Morgan fingerprint density at radius 2 is 1.60 bits per heavy atom. The third-order valence-corrected chi connectivity index (χ3v) is 11.1. The molecule has 0 saturated carbocycles. The molecule has 2 unspecified atom stereocenters. The van der Waals surface area contributed by atoms with E-state index in [1.807, 2.05) is 60.7 Å². The number of hydrogen-bond donors (Lipinski definition) is 2. The molecule has 5 amide bonds. The molecule has 0 spiro atoms. The standard InChI is InChI=1S/C46H45N9O10/c47-26-30(17-19-61-20-21-62-22-23-63-24-25-64-36-10-4-9-34-38(36)46(60)54(45(34)59)35-15-16-37(56)51-43(35)57)44(58)53-18-5-6-31(27-53)55-42-39(41(48)49-28-50-42)40(52-55)29-11-13-33(14-12-29)65-32-7-2-1-3-8-32/h1-4,7-14,17,28,31,35H,5-6,15-16,18-25,27H2,(H2,48,49,50)(H,51,56,57). The number of amides is 5. The minimum Gasteiger partial charge on any atom is -0.490 e. The molecule has 5 aromatic rings. The molecule has 3 aliphatic heterocycles. The molecule has 0 radical (unpaired) electrons. The van der Waals surface area contributed by atoms with Gasteiger partial charge in [0.15, 0.2) is 5.65 Å². The average Bonchev–Trinajstić information content (AvgIpc) is 3.84. The van der Waals surface area contributed by atoms with Gasteiger partial charge in [0.1, 0.15) is 59.4 Å². The van der Waals surface area contributed by atoms with E-state index in [0.29, 0.717) is 42.0 Å². The second kappa shape index (κ2) is 20.3. The van der Waals surface area contributed by atoms with Gasteiger partial charge in [-0.05, 0) is 73.9 Å². The molecule has 8 rings (SSSR count). The fourth-order valence-corrected chi connectivity index (χ4v) is 7.93. The molecule has 65 heavy (non-hydrogen) atoms. The van der Waals surface area contributed by atoms with Crippen molar-refractivity contribution < 1.29 is 47.7 Å². The van der Waals surface area contributed by atoms with Crippen molar-refractivity contribution in [3.63, 3.8) is 0 Å². The van der Waals surface area contributed by atoms with E-state index in [4.69, 9.17) is 34.5 Å². The Kier molecular flexibility index (Phi) is 13.8. The number of nitrogens with one attached hydrogen (secondary N) is 1. The largest absolute Gasteiger partial charge is 0.490 e. The number of carbonyl (C=O) groups is 5. The number of anilines is 1. The molecule has 2 saturated heterocycles. The molecule has 19 nitrogen and oxygen atoms in total. The number of aromatic nitrogens is 4. The summed E-state index contributed by atoms with van der Waals surface area (Å²) in [7, 11) is 0. The van der Waals surface area contributed by atoms with Crippen LogP contribution in [-0.2, 0) is 28.6 Å². The van der Waals surface area contributed by atoms with E-state index in [1.165, 1.54) is 18.5 Å². The molecule has 3 N–H and O–H groups in total. The van der Waals surface area contributed by atoms with Gasteiger partial charge in [-0.25, -0.2) is 14.6 Å². The zero-order valence-corrected chi connectivity index (χ0v) is 35.2. The number of hydrogen-bond acceptors (Lipinski definition) is 15. The summed E-state index contributed by atoms with van der Waals surface area (Å²) in [5, 5.41) is 17.7. The van der Waals surface area contributed by atoms with Crippen LogP contribution in [0.15, 0.2) is 90.8 Å². The minimum absolute atomic E-state index is 0.0266. The first-order valence-corrected chi connectivity index (χ1v) is 21.1. The summed E-state index contributed by atoms with van der Waals surface area (Å²) in [6.07, 6.45) is 4.37. The Balaban J connectivity index is 0.758. The van der Waals surface area contributed by atoms with Crippen molar-refractivity contribution in [2.75, 3.05) is 65.1 Å². The van der Waals surface area contributed by atoms with Gasteiger partial charge in [-0.15, -0.1) is 0 Å². The highest BCUT2D eigenvalue weighted by molar-refractivity contribution is 6.24. The van der Waals surface area contributed by atoms with Crippen LogP contribution in [0.25, 0.3) is 22.3 Å². The van der Waals surface area contributed by atoms with Gasteiger partial charge in [-0.2, -0.15) is 10.4 Å². The van der Waals surface area contributed by atoms with E-state index in [2.05, 4.69) is 15.3 Å². The maximum atomic E-state index is 13.6. The van der Waals surface area contributed by atoms with Crippen LogP contribution in [0, 0.1) is 11.3 Å². The lowest BCUT2D eigenvalue weighted by Gasteiger charge is -2.32. The number of carbonyl (C=O) groups excluding carboxylic acids is 5. The van der Waals surface area contributed by atoms with Gasteiger partial charge in [-0.1, -0.05) is 24.3 Å². The van der Waals surface area contributed by atoms with E-state index in [9.17, 15) is 29.2 Å². The van der Waals surface area contributed by atoms with Crippen molar-refractivity contribution in [1.82, 2.24) is 34.9 Å². The van der Waals surface area contributed by atoms with Crippen LogP contribution in [0.2, 0.25) is 0 Å². The number of piperidine rings is 2. The fourth-order valence-electron chi connectivity index (χ4n) is 7.93. The molecule has 2 fully saturated rings. The summed E-state index contributed by atoms with van der Waals surface area (Å²) < 4.78 is 30.3. The second-order valence-corrected chi connectivity index (χ2v) is 15.2. The summed E-state index contributed by atoms with van der Waals surface area (Å²) in [5.74, 6) is -0.935. The normalized spacial score (nSPS) is 17.6. The molecule has 2 atom stereocenters. The molecular formula is C46H45N9O10. The molecule has 3 aromatic carbocycles. The average molecular weight is 884 g/mol. The van der Waals surface area contributed by atoms with Gasteiger partial charge in [0.25, 0.3) is 17.7 Å². The lowest BCUT2D eigenvalue weighted by molar-refractivity contribution is -0.136. The van der Waals surface area contributed by atoms with Gasteiger partial charge in [0.2, 0.25) is 11.8 Å². The number of rotatable bonds is 18. The smallest absolute Gasteiger partial charge is 0.266 e. The quantitative estimate of drug-likeness (QED) is 0.0547. The van der Waals surface area contributed by atoms with Crippen molar-refractivity contribution in [2.45, 2.75) is 37.8 Å². The van der Waals surface area contributed by atoms with Crippen molar-refractivity contribution in [3.05, 3.63) is 102 Å². The Labute approximate surface area is 372 Å². The second-order valence-electron chi connectivity index (χ2n) is 15.2. The maximum Gasteiger partial charge on any atom is 0.266 e. The Morgan fingerprint density at radius 1 is 0.862 bits per heavy atom. The molecule has 0 aliphatic carbocycles. The summed E-state index contributed by atoms with van der Waals surface area (Å²) >= 11 is 0. The van der Waals surface area contributed by atoms with Gasteiger partial charge < -0.3 is 34.3 Å². The van der Waals surface area contributed by atoms with Crippen molar-refractivity contribution in [3.8, 4) is 34.6 Å². The van der Waals surface area contributed by atoms with Crippen LogP contribution in [0.3, 0.4) is 0 Å². The summed E-state index contributed by atoms with van der Waals surface area (Å²) in [4.78, 5) is 75.1. The van der Waals surface area contributed by atoms with Crippen molar-refractivity contribution in [1.29, 1.82) is 5.26 Å². The molecule has 0 bridgehead atoms. The number of nitrogens with zero attached hydrogens (tertiary/aromatic N) is 7. The topological polar surface area (TPSA) is 243 Å². The number of fused-ring (bicyclic) bond motifs is 2. The van der Waals surface area contributed by atoms with Gasteiger partial charge in [-0.3, -0.25) is 34.2 Å². The zero-order valence-electron chi connectivity index (χ0n) is 35.2. The number of likely N-dealkylation sites (tertiary alicyclic amines) is 1. The van der Waals surface area contributed by atoms with E-state index in [-0.39, 0.29) is 93.4 Å². The SMILES string of the molecule is N#CC(=CCOCCOCCOCCOc1cccc2c1C(=O)N(C1CCC(=O)NC1=O)C2=O)C(=O)N1CCCC(n2nc(-c3ccc(Oc4ccccc4)cc3)c3c(N)ncnc32)C1. The van der Waals surface area contributed by atoms with Crippen LogP contribution in [0.5, 0.6) is 17.2 Å². The summed E-state index contributed by atoms with van der Waals surface area (Å²) in [5.41, 5.74) is 8.51. The van der Waals surface area contributed by atoms with Crippen molar-refractivity contribution >= 4 is 46.4 Å². The van der Waals surface area contributed by atoms with Crippen LogP contribution in [0.1, 0.15) is 52.4 Å². The Morgan fingerprint density at radius 3 is 2.35 bits per heavy atom. The van der Waals surface area contributed by atoms with Crippen LogP contribution < -0.4 is 20.5 Å². The number of para-hydroxylation sites is 1. The maximum absolute atomic E-state index is 13.6. The number of nitriles is 1. The molecule has 2 aromatic heterocycles. The molecule has 334 valence electrons. The van der Waals surface area contributed by atoms with E-state index < -0.39 is 35.6 Å². The van der Waals surface area contributed by atoms with Crippen molar-refractivity contribution in [2.24, 2.45) is 0 Å². The Hall–Kier alpha value is -7.53. The highest BCUT2D eigenvalue weighted by Crippen LogP contribution is 2.36. The first kappa shape index (κ1) is 44.1. The van der Waals surface area contributed by atoms with Gasteiger partial charge in [0.05, 0.1) is 62.2 Å². The van der Waals surface area contributed by atoms with Crippen LogP contribution in [0.4, 0.5) is 5.82 Å². The third-order valence-electron chi connectivity index (χ3n) is 11.1. The summed E-state index contributed by atoms with van der Waals surface area (Å²) in [6, 6.07) is 22.4. The number of nitrogen functional groups attached to an aromatic ring is 1. The minimum atomic E-state index is -1.07. The Bertz CT molecular complexity index is 2660. The van der Waals surface area contributed by atoms with Gasteiger partial charge in [0, 0.05) is 25.1 Å². The van der Waals surface area contributed by atoms with Crippen LogP contribution in [-0.4, -0.2) is 124 Å². The number of nitrogens with two attached hydrogens (primary N) is 1. The van der Waals surface area contributed by atoms with E-state index in [1.54, 1.807) is 21.7 Å². The highest BCUT2D eigenvalue weighted by Gasteiger charge is 2.46. The first-order valence-electron chi connectivity index (χ1n) is 21.1. The monoisotopic (exact) mass is 883 g/mol. The first-order chi connectivity index (χ1) is 31.7. The number of benzene rings is 3. The lowest BCUT2D eigenvalue weighted by Crippen LogP contribution is -2.54. The zero-order chi connectivity index (χ0) is 45.3. The van der Waals surface area contributed by atoms with E-state index in [0.717, 1.165) is 22.6 Å². The number of ether oxygens (including phenoxy) is 5. The molecule has 19 heteroatoms. The predicted octanol–water partition coefficient (Wildman–Crippen LogP) is 4.01. The summed E-state index contributed by atoms with van der Waals surface area (Å²) in [6.45, 7) is 2.02. The van der Waals surface area contributed by atoms with E-state index >= 15 is 0 Å². The third kappa shape index (κ3) is 9.84. The number of imide groups is 2. The highest BCUT2D eigenvalue weighted by atomic mass is 16.6. The van der Waals surface area contributed by atoms with Gasteiger partial charge >= 0.3 is 0 Å². The molecular weight excluding hydrogens is 839 g/mol.